The SMILES string of the molecule is Cc1cc(=O)c2ccncc2[nH]1. The van der Waals surface area contributed by atoms with Crippen molar-refractivity contribution >= 4 is 10.9 Å². The highest BCUT2D eigenvalue weighted by Gasteiger charge is 1.97. The molecule has 2 heterocycles. The van der Waals surface area contributed by atoms with Gasteiger partial charge in [0.15, 0.2) is 5.43 Å². The summed E-state index contributed by atoms with van der Waals surface area (Å²) in [4.78, 5) is 18.3. The van der Waals surface area contributed by atoms with E-state index in [2.05, 4.69) is 9.97 Å². The molecule has 0 unspecified atom stereocenters. The molecule has 0 bridgehead atoms. The number of hydrogen-bond donors (Lipinski definition) is 1. The van der Waals surface area contributed by atoms with Crippen LogP contribution in [0.3, 0.4) is 0 Å². The van der Waals surface area contributed by atoms with Crippen molar-refractivity contribution in [2.45, 2.75) is 6.92 Å². The molecule has 0 aliphatic rings. The average molecular weight is 160 g/mol. The van der Waals surface area contributed by atoms with Gasteiger partial charge in [0, 0.05) is 23.3 Å². The Balaban J connectivity index is 2.99. The molecule has 12 heavy (non-hydrogen) atoms. The van der Waals surface area contributed by atoms with Gasteiger partial charge in [-0.05, 0) is 13.0 Å². The maximum atomic E-state index is 11.4. The second-order valence-electron chi connectivity index (χ2n) is 2.74. The highest BCUT2D eigenvalue weighted by Crippen LogP contribution is 2.03. The Morgan fingerprint density at radius 2 is 2.33 bits per heavy atom. The summed E-state index contributed by atoms with van der Waals surface area (Å²) < 4.78 is 0. The number of nitrogens with one attached hydrogen (secondary N) is 1. The molecule has 3 heteroatoms. The zero-order valence-corrected chi connectivity index (χ0v) is 6.66. The van der Waals surface area contributed by atoms with Crippen LogP contribution in [0.4, 0.5) is 0 Å². The molecule has 0 aromatic carbocycles. The fraction of sp³-hybridized carbons (Fsp3) is 0.111. The van der Waals surface area contributed by atoms with E-state index in [1.54, 1.807) is 24.5 Å². The summed E-state index contributed by atoms with van der Waals surface area (Å²) in [5, 5.41) is 0.690. The number of aromatic amines is 1. The van der Waals surface area contributed by atoms with Crippen LogP contribution in [0.2, 0.25) is 0 Å². The molecule has 0 atom stereocenters. The van der Waals surface area contributed by atoms with Gasteiger partial charge in [0.05, 0.1) is 11.7 Å². The molecule has 0 amide bonds. The first-order valence-corrected chi connectivity index (χ1v) is 3.71. The number of H-pyrrole nitrogens is 1. The van der Waals surface area contributed by atoms with E-state index in [1.165, 1.54) is 0 Å². The third-order valence-corrected chi connectivity index (χ3v) is 1.77. The topological polar surface area (TPSA) is 45.8 Å². The molecule has 0 spiro atoms. The first-order chi connectivity index (χ1) is 5.77. The largest absolute Gasteiger partial charge is 0.357 e. The number of hydrogen-bond acceptors (Lipinski definition) is 2. The standard InChI is InChI=1S/C9H8N2O/c1-6-4-9(12)7-2-3-10-5-8(7)11-6/h2-5H,1H3,(H,11,12). The van der Waals surface area contributed by atoms with Gasteiger partial charge in [0.25, 0.3) is 0 Å². The van der Waals surface area contributed by atoms with Crippen molar-refractivity contribution in [1.82, 2.24) is 9.97 Å². The van der Waals surface area contributed by atoms with Gasteiger partial charge in [0.2, 0.25) is 0 Å². The Labute approximate surface area is 69.1 Å². The van der Waals surface area contributed by atoms with Crippen LogP contribution in [0.15, 0.2) is 29.3 Å². The van der Waals surface area contributed by atoms with E-state index in [-0.39, 0.29) is 5.43 Å². The van der Waals surface area contributed by atoms with E-state index >= 15 is 0 Å². The lowest BCUT2D eigenvalue weighted by Gasteiger charge is -1.97. The van der Waals surface area contributed by atoms with Crippen molar-refractivity contribution < 1.29 is 0 Å². The molecule has 0 saturated heterocycles. The van der Waals surface area contributed by atoms with E-state index in [0.29, 0.717) is 5.39 Å². The Bertz CT molecular complexity index is 473. The summed E-state index contributed by atoms with van der Waals surface area (Å²) >= 11 is 0. The number of pyridine rings is 2. The minimum absolute atomic E-state index is 0.0450. The van der Waals surface area contributed by atoms with Crippen molar-refractivity contribution in [2.75, 3.05) is 0 Å². The van der Waals surface area contributed by atoms with Gasteiger partial charge in [-0.3, -0.25) is 9.78 Å². The molecule has 60 valence electrons. The van der Waals surface area contributed by atoms with E-state index < -0.39 is 0 Å². The summed E-state index contributed by atoms with van der Waals surface area (Å²) in [6.07, 6.45) is 3.27. The molecule has 0 aliphatic carbocycles. The van der Waals surface area contributed by atoms with Crippen molar-refractivity contribution in [3.05, 3.63) is 40.4 Å². The van der Waals surface area contributed by atoms with Gasteiger partial charge < -0.3 is 4.98 Å². The fourth-order valence-corrected chi connectivity index (χ4v) is 1.23. The van der Waals surface area contributed by atoms with Crippen LogP contribution >= 0.6 is 0 Å². The zero-order valence-electron chi connectivity index (χ0n) is 6.66. The number of nitrogens with zero attached hydrogens (tertiary/aromatic N) is 1. The molecule has 0 fully saturated rings. The minimum Gasteiger partial charge on any atom is -0.357 e. The van der Waals surface area contributed by atoms with Gasteiger partial charge in [-0.2, -0.15) is 0 Å². The highest BCUT2D eigenvalue weighted by molar-refractivity contribution is 5.76. The maximum absolute atomic E-state index is 11.4. The first-order valence-electron chi connectivity index (χ1n) is 3.71. The Morgan fingerprint density at radius 1 is 1.50 bits per heavy atom. The van der Waals surface area contributed by atoms with Crippen LogP contribution in [0.5, 0.6) is 0 Å². The summed E-state index contributed by atoms with van der Waals surface area (Å²) in [5.74, 6) is 0. The molecular formula is C9H8N2O. The zero-order chi connectivity index (χ0) is 8.55. The molecule has 2 aromatic heterocycles. The Kier molecular flexibility index (Phi) is 1.43. The maximum Gasteiger partial charge on any atom is 0.189 e. The Morgan fingerprint density at radius 3 is 3.17 bits per heavy atom. The summed E-state index contributed by atoms with van der Waals surface area (Å²) in [7, 11) is 0. The van der Waals surface area contributed by atoms with Gasteiger partial charge in [-0.1, -0.05) is 0 Å². The van der Waals surface area contributed by atoms with E-state index in [0.717, 1.165) is 11.2 Å². The number of rotatable bonds is 0. The molecule has 0 aliphatic heterocycles. The van der Waals surface area contributed by atoms with Gasteiger partial charge in [0.1, 0.15) is 0 Å². The van der Waals surface area contributed by atoms with E-state index in [4.69, 9.17) is 0 Å². The molecular weight excluding hydrogens is 152 g/mol. The van der Waals surface area contributed by atoms with Gasteiger partial charge >= 0.3 is 0 Å². The number of fused-ring (bicyclic) bond motifs is 1. The molecule has 3 nitrogen and oxygen atoms in total. The van der Waals surface area contributed by atoms with Crippen molar-refractivity contribution in [3.63, 3.8) is 0 Å². The fourth-order valence-electron chi connectivity index (χ4n) is 1.23. The molecule has 2 rings (SSSR count). The average Bonchev–Trinajstić information content (AvgIpc) is 2.04. The summed E-state index contributed by atoms with van der Waals surface area (Å²) in [5.41, 5.74) is 1.70. The van der Waals surface area contributed by atoms with Crippen LogP contribution in [0.25, 0.3) is 10.9 Å². The summed E-state index contributed by atoms with van der Waals surface area (Å²) in [6.45, 7) is 1.86. The van der Waals surface area contributed by atoms with Crippen molar-refractivity contribution in [1.29, 1.82) is 0 Å². The van der Waals surface area contributed by atoms with Crippen LogP contribution in [-0.4, -0.2) is 9.97 Å². The normalized spacial score (nSPS) is 10.4. The quantitative estimate of drug-likeness (QED) is 0.630. The van der Waals surface area contributed by atoms with Gasteiger partial charge in [-0.15, -0.1) is 0 Å². The highest BCUT2D eigenvalue weighted by atomic mass is 16.1. The molecule has 0 radical (unpaired) electrons. The van der Waals surface area contributed by atoms with Crippen LogP contribution < -0.4 is 5.43 Å². The van der Waals surface area contributed by atoms with E-state index in [9.17, 15) is 4.79 Å². The number of aryl methyl sites for hydroxylation is 1. The second-order valence-corrected chi connectivity index (χ2v) is 2.74. The molecule has 2 aromatic rings. The van der Waals surface area contributed by atoms with E-state index in [1.807, 2.05) is 6.92 Å². The number of aromatic nitrogens is 2. The lowest BCUT2D eigenvalue weighted by atomic mass is 10.2. The summed E-state index contributed by atoms with van der Waals surface area (Å²) in [6, 6.07) is 3.30. The monoisotopic (exact) mass is 160 g/mol. The third-order valence-electron chi connectivity index (χ3n) is 1.77. The first kappa shape index (κ1) is 7.03. The predicted molar refractivity (Wildman–Crippen MR) is 47.1 cm³/mol. The van der Waals surface area contributed by atoms with Crippen LogP contribution in [0.1, 0.15) is 5.69 Å². The Hall–Kier alpha value is -1.64. The van der Waals surface area contributed by atoms with Crippen molar-refractivity contribution in [2.24, 2.45) is 0 Å². The van der Waals surface area contributed by atoms with Crippen molar-refractivity contribution in [3.8, 4) is 0 Å². The minimum atomic E-state index is 0.0450. The molecule has 1 N–H and O–H groups in total. The smallest absolute Gasteiger partial charge is 0.189 e. The van der Waals surface area contributed by atoms with Crippen LogP contribution in [-0.2, 0) is 0 Å². The lowest BCUT2D eigenvalue weighted by molar-refractivity contribution is 1.22. The van der Waals surface area contributed by atoms with Gasteiger partial charge in [-0.25, -0.2) is 0 Å². The predicted octanol–water partition coefficient (Wildman–Crippen LogP) is 1.23. The third kappa shape index (κ3) is 0.993. The molecule has 0 saturated carbocycles. The second kappa shape index (κ2) is 2.44. The lowest BCUT2D eigenvalue weighted by Crippen LogP contribution is -2.02. The van der Waals surface area contributed by atoms with Crippen LogP contribution in [0, 0.1) is 6.92 Å².